The lowest BCUT2D eigenvalue weighted by Gasteiger charge is -2.23. The molecule has 0 spiro atoms. The second-order valence-electron chi connectivity index (χ2n) is 3.12. The molecular weight excluding hydrogens is 209 g/mol. The molecule has 1 aliphatic heterocycles. The summed E-state index contributed by atoms with van der Waals surface area (Å²) in [6, 6.07) is -0.962. The Morgan fingerprint density at radius 2 is 2.21 bits per heavy atom. The minimum absolute atomic E-state index is 0.261. The molecule has 0 amide bonds. The number of carbonyl (C=O) groups is 1. The third-order valence-corrected chi connectivity index (χ3v) is 2.61. The van der Waals surface area contributed by atoms with Gasteiger partial charge in [-0.3, -0.25) is 9.36 Å². The molecule has 1 heterocycles. The van der Waals surface area contributed by atoms with Crippen molar-refractivity contribution in [2.24, 2.45) is 0 Å². The Labute approximate surface area is 80.8 Å². The highest BCUT2D eigenvalue weighted by Gasteiger charge is 2.27. The highest BCUT2D eigenvalue weighted by Crippen LogP contribution is 2.39. The van der Waals surface area contributed by atoms with Gasteiger partial charge in [0.05, 0.1) is 0 Å². The summed E-state index contributed by atoms with van der Waals surface area (Å²) in [5.41, 5.74) is 0.261. The van der Waals surface area contributed by atoms with Crippen molar-refractivity contribution in [1.82, 2.24) is 5.32 Å². The maximum absolute atomic E-state index is 10.7. The molecule has 6 nitrogen and oxygen atoms in total. The Morgan fingerprint density at radius 3 is 2.71 bits per heavy atom. The van der Waals surface area contributed by atoms with Crippen LogP contribution in [0.4, 0.5) is 0 Å². The van der Waals surface area contributed by atoms with Gasteiger partial charge in [0.25, 0.3) is 0 Å². The molecule has 0 aromatic carbocycles. The molecule has 7 heteroatoms. The van der Waals surface area contributed by atoms with Gasteiger partial charge in [0.1, 0.15) is 6.04 Å². The number of rotatable bonds is 2. The van der Waals surface area contributed by atoms with Gasteiger partial charge in [-0.15, -0.1) is 0 Å². The first-order valence-electron chi connectivity index (χ1n) is 4.13. The van der Waals surface area contributed by atoms with Crippen molar-refractivity contribution in [3.05, 3.63) is 11.4 Å². The zero-order valence-electron chi connectivity index (χ0n) is 7.38. The van der Waals surface area contributed by atoms with E-state index in [1.165, 1.54) is 0 Å². The first kappa shape index (κ1) is 11.4. The van der Waals surface area contributed by atoms with Gasteiger partial charge >= 0.3 is 13.6 Å². The maximum atomic E-state index is 10.7. The van der Waals surface area contributed by atoms with Crippen LogP contribution in [0.15, 0.2) is 11.4 Å². The number of carboxylic acids is 1. The summed E-state index contributed by atoms with van der Waals surface area (Å²) in [6.07, 6.45) is 1.10. The summed E-state index contributed by atoms with van der Waals surface area (Å²) >= 11 is 0. The average molecular weight is 221 g/mol. The maximum Gasteiger partial charge on any atom is 0.349 e. The van der Waals surface area contributed by atoms with E-state index in [0.717, 1.165) is 5.82 Å². The topological polar surface area (TPSA) is 107 Å². The predicted octanol–water partition coefficient (Wildman–Crippen LogP) is -0.115. The van der Waals surface area contributed by atoms with Gasteiger partial charge in [-0.2, -0.15) is 0 Å². The fourth-order valence-electron chi connectivity index (χ4n) is 1.42. The summed E-state index contributed by atoms with van der Waals surface area (Å²) in [6.45, 7) is 0.551. The molecule has 0 saturated carbocycles. The van der Waals surface area contributed by atoms with Crippen LogP contribution >= 0.6 is 7.60 Å². The van der Waals surface area contributed by atoms with Crippen LogP contribution in [0.2, 0.25) is 0 Å². The first-order chi connectivity index (χ1) is 6.40. The Bertz CT molecular complexity index is 307. The van der Waals surface area contributed by atoms with E-state index in [-0.39, 0.29) is 5.57 Å². The van der Waals surface area contributed by atoms with Gasteiger partial charge in [0.15, 0.2) is 0 Å². The summed E-state index contributed by atoms with van der Waals surface area (Å²) in [4.78, 5) is 28.1. The number of hydrogen-bond donors (Lipinski definition) is 4. The van der Waals surface area contributed by atoms with Crippen LogP contribution in [0.25, 0.3) is 0 Å². The molecule has 0 aromatic heterocycles. The van der Waals surface area contributed by atoms with Crippen LogP contribution in [0.1, 0.15) is 12.8 Å². The van der Waals surface area contributed by atoms with Gasteiger partial charge in [0, 0.05) is 5.82 Å². The van der Waals surface area contributed by atoms with Crippen molar-refractivity contribution in [3.63, 3.8) is 0 Å². The molecule has 80 valence electrons. The lowest BCUT2D eigenvalue weighted by Crippen LogP contribution is -2.42. The Balaban J connectivity index is 2.88. The number of carboxylic acid groups (broad SMARTS) is 1. The molecule has 4 N–H and O–H groups in total. The van der Waals surface area contributed by atoms with Crippen molar-refractivity contribution in [1.29, 1.82) is 0 Å². The lowest BCUT2D eigenvalue weighted by molar-refractivity contribution is -0.138. The highest BCUT2D eigenvalue weighted by atomic mass is 31.2. The SMILES string of the molecule is O=C(O)C1NCCCC1=CP(=O)(O)O. The predicted molar refractivity (Wildman–Crippen MR) is 48.8 cm³/mol. The van der Waals surface area contributed by atoms with Crippen LogP contribution in [0, 0.1) is 0 Å². The van der Waals surface area contributed by atoms with Crippen LogP contribution in [0.3, 0.4) is 0 Å². The molecule has 0 radical (unpaired) electrons. The Hall–Kier alpha value is -0.680. The molecule has 1 unspecified atom stereocenters. The molecule has 1 atom stereocenters. The van der Waals surface area contributed by atoms with Gasteiger partial charge in [-0.1, -0.05) is 0 Å². The van der Waals surface area contributed by atoms with E-state index in [2.05, 4.69) is 5.32 Å². The van der Waals surface area contributed by atoms with Crippen molar-refractivity contribution in [2.75, 3.05) is 6.54 Å². The summed E-state index contributed by atoms with van der Waals surface area (Å²) in [5, 5.41) is 11.4. The molecule has 1 rings (SSSR count). The van der Waals surface area contributed by atoms with Crippen molar-refractivity contribution in [2.45, 2.75) is 18.9 Å². The van der Waals surface area contributed by atoms with Gasteiger partial charge < -0.3 is 20.2 Å². The average Bonchev–Trinajstić information content (AvgIpc) is 2.01. The van der Waals surface area contributed by atoms with Crippen molar-refractivity contribution < 1.29 is 24.3 Å². The number of aliphatic carboxylic acids is 1. The number of piperidine rings is 1. The van der Waals surface area contributed by atoms with Gasteiger partial charge in [-0.25, -0.2) is 0 Å². The minimum atomic E-state index is -4.28. The van der Waals surface area contributed by atoms with E-state index in [0.29, 0.717) is 19.4 Å². The van der Waals surface area contributed by atoms with Crippen LogP contribution in [-0.4, -0.2) is 33.4 Å². The smallest absolute Gasteiger partial charge is 0.349 e. The van der Waals surface area contributed by atoms with E-state index >= 15 is 0 Å². The summed E-state index contributed by atoms with van der Waals surface area (Å²) in [7, 11) is -4.28. The number of nitrogens with one attached hydrogen (secondary N) is 1. The Kier molecular flexibility index (Phi) is 3.44. The molecule has 14 heavy (non-hydrogen) atoms. The van der Waals surface area contributed by atoms with E-state index in [1.54, 1.807) is 0 Å². The van der Waals surface area contributed by atoms with Crippen molar-refractivity contribution in [3.8, 4) is 0 Å². The lowest BCUT2D eigenvalue weighted by atomic mass is 10.00. The number of hydrogen-bond acceptors (Lipinski definition) is 3. The molecular formula is C7H12NO5P. The summed E-state index contributed by atoms with van der Waals surface area (Å²) < 4.78 is 10.7. The van der Waals surface area contributed by atoms with Crippen LogP contribution < -0.4 is 5.32 Å². The standard InChI is InChI=1S/C7H12NO5P/c9-7(10)6-5(2-1-3-8-6)4-14(11,12)13/h4,6,8H,1-3H2,(H,9,10)(H2,11,12,13). The Morgan fingerprint density at radius 1 is 1.57 bits per heavy atom. The third kappa shape index (κ3) is 3.23. The third-order valence-electron chi connectivity index (χ3n) is 1.94. The van der Waals surface area contributed by atoms with Gasteiger partial charge in [0.2, 0.25) is 0 Å². The van der Waals surface area contributed by atoms with E-state index in [9.17, 15) is 9.36 Å². The van der Waals surface area contributed by atoms with E-state index in [4.69, 9.17) is 14.9 Å². The van der Waals surface area contributed by atoms with E-state index < -0.39 is 19.6 Å². The largest absolute Gasteiger partial charge is 0.480 e. The van der Waals surface area contributed by atoms with Gasteiger partial charge in [-0.05, 0) is 25.0 Å². The molecule has 0 bridgehead atoms. The first-order valence-corrected chi connectivity index (χ1v) is 5.81. The van der Waals surface area contributed by atoms with E-state index in [1.807, 2.05) is 0 Å². The molecule has 1 saturated heterocycles. The highest BCUT2D eigenvalue weighted by molar-refractivity contribution is 7.55. The van der Waals surface area contributed by atoms with Crippen LogP contribution in [0.5, 0.6) is 0 Å². The monoisotopic (exact) mass is 221 g/mol. The molecule has 1 fully saturated rings. The minimum Gasteiger partial charge on any atom is -0.480 e. The van der Waals surface area contributed by atoms with Crippen molar-refractivity contribution >= 4 is 13.6 Å². The normalized spacial score (nSPS) is 26.4. The fraction of sp³-hybridized carbons (Fsp3) is 0.571. The zero-order valence-corrected chi connectivity index (χ0v) is 8.28. The van der Waals surface area contributed by atoms with Crippen LogP contribution in [-0.2, 0) is 9.36 Å². The quantitative estimate of drug-likeness (QED) is 0.484. The second kappa shape index (κ2) is 4.23. The summed E-state index contributed by atoms with van der Waals surface area (Å²) in [5.74, 6) is -0.359. The molecule has 0 aliphatic carbocycles. The molecule has 1 aliphatic rings. The zero-order chi connectivity index (χ0) is 10.8. The molecule has 0 aromatic rings. The second-order valence-corrected chi connectivity index (χ2v) is 4.56. The fourth-order valence-corrected chi connectivity index (χ4v) is 2.13.